The molecule has 0 aliphatic carbocycles. The van der Waals surface area contributed by atoms with Crippen molar-refractivity contribution < 1.29 is 22.0 Å². The van der Waals surface area contributed by atoms with E-state index >= 15 is 0 Å². The third-order valence-corrected chi connectivity index (χ3v) is 8.80. The van der Waals surface area contributed by atoms with Gasteiger partial charge in [-0.25, -0.2) is 17.2 Å². The number of para-hydroxylation sites is 1. The summed E-state index contributed by atoms with van der Waals surface area (Å²) in [4.78, 5) is 12.5. The number of carbonyl (C=O) groups is 1. The Balaban J connectivity index is 1.62. The number of hydrogen-bond acceptors (Lipinski definition) is 5. The standard InChI is InChI=1S/C21H19ClF2N2O3S3/c22-16-5-3-7-17(23)15(16)14-30-12-10-25-20(27)13-26(19-8-2-1-6-18(19)24)32(28,29)21-9-4-11-31-21/h1-9,11H,10,12-14H2,(H,25,27). The number of thiophene rings is 1. The van der Waals surface area contributed by atoms with Crippen molar-refractivity contribution in [3.63, 3.8) is 0 Å². The minimum atomic E-state index is -4.12. The van der Waals surface area contributed by atoms with Gasteiger partial charge in [0.2, 0.25) is 5.91 Å². The van der Waals surface area contributed by atoms with Crippen molar-refractivity contribution in [2.45, 2.75) is 9.96 Å². The predicted molar refractivity (Wildman–Crippen MR) is 126 cm³/mol. The van der Waals surface area contributed by atoms with E-state index in [4.69, 9.17) is 11.6 Å². The largest absolute Gasteiger partial charge is 0.354 e. The van der Waals surface area contributed by atoms with Crippen LogP contribution in [0, 0.1) is 11.6 Å². The monoisotopic (exact) mass is 516 g/mol. The second-order valence-electron chi connectivity index (χ2n) is 6.50. The van der Waals surface area contributed by atoms with Crippen molar-refractivity contribution >= 4 is 56.3 Å². The second kappa shape index (κ2) is 11.1. The van der Waals surface area contributed by atoms with Gasteiger partial charge in [0.1, 0.15) is 22.4 Å². The fraction of sp³-hybridized carbons (Fsp3) is 0.190. The lowest BCUT2D eigenvalue weighted by atomic mass is 10.2. The number of amides is 1. The SMILES string of the molecule is O=C(CN(c1ccccc1F)S(=O)(=O)c1cccs1)NCCSCc1c(F)cccc1Cl. The topological polar surface area (TPSA) is 66.5 Å². The van der Waals surface area contributed by atoms with Gasteiger partial charge in [-0.1, -0.05) is 35.9 Å². The Labute approximate surface area is 198 Å². The summed E-state index contributed by atoms with van der Waals surface area (Å²) < 4.78 is 55.0. The maximum Gasteiger partial charge on any atom is 0.274 e. The Kier molecular flexibility index (Phi) is 8.52. The molecule has 3 aromatic rings. The molecular formula is C21H19ClF2N2O3S3. The normalized spacial score (nSPS) is 11.3. The van der Waals surface area contributed by atoms with Gasteiger partial charge in [0.25, 0.3) is 10.0 Å². The van der Waals surface area contributed by atoms with Crippen LogP contribution in [0.2, 0.25) is 5.02 Å². The number of rotatable bonds is 10. The fourth-order valence-corrected chi connectivity index (χ4v) is 6.50. The van der Waals surface area contributed by atoms with Crippen LogP contribution in [-0.2, 0) is 20.6 Å². The van der Waals surface area contributed by atoms with Crippen LogP contribution in [0.3, 0.4) is 0 Å². The first-order chi connectivity index (χ1) is 15.3. The molecule has 2 aromatic carbocycles. The van der Waals surface area contributed by atoms with Crippen LogP contribution in [0.15, 0.2) is 64.2 Å². The smallest absolute Gasteiger partial charge is 0.274 e. The minimum absolute atomic E-state index is 0.00544. The van der Waals surface area contributed by atoms with E-state index in [1.54, 1.807) is 17.5 Å². The van der Waals surface area contributed by atoms with Gasteiger partial charge in [-0.05, 0) is 35.7 Å². The molecule has 0 spiro atoms. The number of carbonyl (C=O) groups excluding carboxylic acids is 1. The highest BCUT2D eigenvalue weighted by atomic mass is 35.5. The molecule has 0 aliphatic rings. The lowest BCUT2D eigenvalue weighted by Gasteiger charge is -2.23. The first-order valence-electron chi connectivity index (χ1n) is 9.39. The lowest BCUT2D eigenvalue weighted by Crippen LogP contribution is -2.41. The molecule has 3 rings (SSSR count). The molecule has 11 heteroatoms. The van der Waals surface area contributed by atoms with Gasteiger partial charge >= 0.3 is 0 Å². The van der Waals surface area contributed by atoms with E-state index in [9.17, 15) is 22.0 Å². The van der Waals surface area contributed by atoms with Crippen LogP contribution in [0.1, 0.15) is 5.56 Å². The number of hydrogen-bond donors (Lipinski definition) is 1. The van der Waals surface area contributed by atoms with Crippen LogP contribution in [0.25, 0.3) is 0 Å². The molecule has 5 nitrogen and oxygen atoms in total. The molecule has 0 saturated carbocycles. The Bertz CT molecular complexity index is 1150. The Morgan fingerprint density at radius 1 is 1.06 bits per heavy atom. The Morgan fingerprint density at radius 2 is 1.81 bits per heavy atom. The summed E-state index contributed by atoms with van der Waals surface area (Å²) in [7, 11) is -4.12. The molecular weight excluding hydrogens is 498 g/mol. The minimum Gasteiger partial charge on any atom is -0.354 e. The molecule has 170 valence electrons. The molecule has 0 unspecified atom stereocenters. The van der Waals surface area contributed by atoms with Crippen LogP contribution in [0.4, 0.5) is 14.5 Å². The fourth-order valence-electron chi connectivity index (χ4n) is 2.77. The molecule has 0 radical (unpaired) electrons. The molecule has 1 aromatic heterocycles. The highest BCUT2D eigenvalue weighted by Crippen LogP contribution is 2.28. The average Bonchev–Trinajstić information content (AvgIpc) is 3.30. The zero-order valence-corrected chi connectivity index (χ0v) is 19.8. The number of halogens is 3. The zero-order valence-electron chi connectivity index (χ0n) is 16.6. The van der Waals surface area contributed by atoms with Crippen LogP contribution in [-0.4, -0.2) is 33.2 Å². The number of nitrogens with one attached hydrogen (secondary N) is 1. The van der Waals surface area contributed by atoms with Gasteiger partial charge in [-0.2, -0.15) is 11.8 Å². The molecule has 1 amide bonds. The quantitative estimate of drug-likeness (QED) is 0.388. The van der Waals surface area contributed by atoms with E-state index in [1.807, 2.05) is 0 Å². The third-order valence-electron chi connectivity index (χ3n) is 4.32. The van der Waals surface area contributed by atoms with Gasteiger partial charge in [-0.15, -0.1) is 11.3 Å². The molecule has 0 saturated heterocycles. The zero-order chi connectivity index (χ0) is 23.1. The summed E-state index contributed by atoms with van der Waals surface area (Å²) in [5.74, 6) is -0.951. The van der Waals surface area contributed by atoms with E-state index < -0.39 is 34.1 Å². The number of sulfonamides is 1. The van der Waals surface area contributed by atoms with E-state index in [2.05, 4.69) is 5.32 Å². The number of anilines is 1. The van der Waals surface area contributed by atoms with E-state index in [0.717, 1.165) is 21.7 Å². The first kappa shape index (κ1) is 24.5. The van der Waals surface area contributed by atoms with Crippen molar-refractivity contribution in [1.29, 1.82) is 0 Å². The molecule has 32 heavy (non-hydrogen) atoms. The van der Waals surface area contributed by atoms with Gasteiger partial charge in [0.05, 0.1) is 5.69 Å². The van der Waals surface area contributed by atoms with Gasteiger partial charge < -0.3 is 5.32 Å². The second-order valence-corrected chi connectivity index (χ2v) is 11.0. The van der Waals surface area contributed by atoms with Crippen molar-refractivity contribution in [3.05, 3.63) is 82.2 Å². The van der Waals surface area contributed by atoms with Gasteiger partial charge in [0, 0.05) is 28.6 Å². The summed E-state index contributed by atoms with van der Waals surface area (Å²) in [6.45, 7) is -0.356. The summed E-state index contributed by atoms with van der Waals surface area (Å²) in [5, 5.41) is 4.55. The molecule has 0 bridgehead atoms. The molecule has 0 fully saturated rings. The van der Waals surface area contributed by atoms with Crippen molar-refractivity contribution in [2.24, 2.45) is 0 Å². The molecule has 0 aliphatic heterocycles. The predicted octanol–water partition coefficient (Wildman–Crippen LogP) is 4.92. The summed E-state index contributed by atoms with van der Waals surface area (Å²) in [5.41, 5.74) is 0.179. The van der Waals surface area contributed by atoms with Crippen molar-refractivity contribution in [3.8, 4) is 0 Å². The van der Waals surface area contributed by atoms with Gasteiger partial charge in [-0.3, -0.25) is 9.10 Å². The maximum absolute atomic E-state index is 14.4. The summed E-state index contributed by atoms with van der Waals surface area (Å²) in [6.07, 6.45) is 0. The van der Waals surface area contributed by atoms with E-state index in [1.165, 1.54) is 48.2 Å². The number of thioether (sulfide) groups is 1. The third kappa shape index (κ3) is 6.00. The molecule has 0 atom stereocenters. The molecule has 1 N–H and O–H groups in total. The lowest BCUT2D eigenvalue weighted by molar-refractivity contribution is -0.119. The van der Waals surface area contributed by atoms with Crippen molar-refractivity contribution in [2.75, 3.05) is 23.1 Å². The highest BCUT2D eigenvalue weighted by Gasteiger charge is 2.29. The van der Waals surface area contributed by atoms with Crippen LogP contribution >= 0.6 is 34.7 Å². The molecule has 1 heterocycles. The van der Waals surface area contributed by atoms with E-state index in [-0.39, 0.29) is 16.4 Å². The van der Waals surface area contributed by atoms with E-state index in [0.29, 0.717) is 22.1 Å². The van der Waals surface area contributed by atoms with Crippen LogP contribution < -0.4 is 9.62 Å². The van der Waals surface area contributed by atoms with Gasteiger partial charge in [0.15, 0.2) is 0 Å². The average molecular weight is 517 g/mol. The summed E-state index contributed by atoms with van der Waals surface area (Å²) in [6, 6.07) is 12.8. The number of nitrogens with zero attached hydrogens (tertiary/aromatic N) is 1. The summed E-state index contributed by atoms with van der Waals surface area (Å²) >= 11 is 8.34. The maximum atomic E-state index is 14.4. The Hall–Kier alpha value is -2.14. The first-order valence-corrected chi connectivity index (χ1v) is 13.2. The number of benzene rings is 2. The Morgan fingerprint density at radius 3 is 2.50 bits per heavy atom. The van der Waals surface area contributed by atoms with Crippen molar-refractivity contribution in [1.82, 2.24) is 5.32 Å². The highest BCUT2D eigenvalue weighted by molar-refractivity contribution is 7.98. The van der Waals surface area contributed by atoms with Crippen LogP contribution in [0.5, 0.6) is 0 Å².